The van der Waals surface area contributed by atoms with Crippen LogP contribution < -0.4 is 0 Å². The Morgan fingerprint density at radius 1 is 0.806 bits per heavy atom. The van der Waals surface area contributed by atoms with Crippen LogP contribution in [0.1, 0.15) is 34.1 Å². The predicted molar refractivity (Wildman–Crippen MR) is 100 cm³/mol. The average molecular weight is 448 g/mol. The molecule has 0 N–H and O–H groups in total. The van der Waals surface area contributed by atoms with Crippen LogP contribution in [-0.2, 0) is 57.2 Å². The lowest BCUT2D eigenvalue weighted by atomic mass is 9.83. The molecule has 0 aliphatic rings. The molecule has 0 saturated heterocycles. The third-order valence-electron chi connectivity index (χ3n) is 3.90. The maximum atomic E-state index is 12.4. The minimum Gasteiger partial charge on any atom is -0.464 e. The van der Waals surface area contributed by atoms with E-state index in [1.807, 2.05) is 0 Å². The van der Waals surface area contributed by atoms with Crippen molar-refractivity contribution in [1.82, 2.24) is 0 Å². The second-order valence-corrected chi connectivity index (χ2v) is 7.16. The Hall–Kier alpha value is -3.18. The first-order chi connectivity index (χ1) is 14.6. The number of esters is 3. The summed E-state index contributed by atoms with van der Waals surface area (Å²) in [6, 6.07) is 0. The van der Waals surface area contributed by atoms with E-state index in [9.17, 15) is 28.8 Å². The molecule has 0 aliphatic heterocycles. The SMILES string of the molecule is CC(=O)OCC(COC(=O)C(C)(C)CC(C)C(=O)OCC(COC=O)OC=O)OC=O. The second kappa shape index (κ2) is 14.7. The lowest BCUT2D eigenvalue weighted by Gasteiger charge is -2.26. The normalized spacial score (nSPS) is 13.5. The van der Waals surface area contributed by atoms with Gasteiger partial charge in [-0.3, -0.25) is 28.8 Å². The molecule has 0 heterocycles. The smallest absolute Gasteiger partial charge is 0.311 e. The number of ether oxygens (including phenoxy) is 6. The summed E-state index contributed by atoms with van der Waals surface area (Å²) in [5.74, 6) is -2.65. The largest absolute Gasteiger partial charge is 0.464 e. The van der Waals surface area contributed by atoms with Crippen LogP contribution in [0.4, 0.5) is 0 Å². The van der Waals surface area contributed by atoms with Gasteiger partial charge in [0.05, 0.1) is 11.3 Å². The van der Waals surface area contributed by atoms with Crippen LogP contribution in [0.15, 0.2) is 0 Å². The van der Waals surface area contributed by atoms with Gasteiger partial charge in [-0.25, -0.2) is 0 Å². The van der Waals surface area contributed by atoms with Gasteiger partial charge < -0.3 is 28.4 Å². The highest BCUT2D eigenvalue weighted by molar-refractivity contribution is 5.78. The molecule has 176 valence electrons. The molecular weight excluding hydrogens is 420 g/mol. The first-order valence-corrected chi connectivity index (χ1v) is 9.28. The summed E-state index contributed by atoms with van der Waals surface area (Å²) < 4.78 is 28.7. The van der Waals surface area contributed by atoms with Gasteiger partial charge in [0.1, 0.15) is 26.4 Å². The molecule has 0 aromatic rings. The summed E-state index contributed by atoms with van der Waals surface area (Å²) in [5, 5.41) is 0. The Bertz CT molecular complexity index is 615. The molecule has 0 spiro atoms. The summed E-state index contributed by atoms with van der Waals surface area (Å²) in [6.45, 7) is 5.04. The molecular formula is C19H28O12. The van der Waals surface area contributed by atoms with Gasteiger partial charge in [0, 0.05) is 6.92 Å². The third-order valence-corrected chi connectivity index (χ3v) is 3.90. The second-order valence-electron chi connectivity index (χ2n) is 7.16. The summed E-state index contributed by atoms with van der Waals surface area (Å²) in [4.78, 5) is 66.6. The molecule has 0 bridgehead atoms. The van der Waals surface area contributed by atoms with Crippen LogP contribution in [0.5, 0.6) is 0 Å². The van der Waals surface area contributed by atoms with Crippen molar-refractivity contribution in [2.75, 3.05) is 26.4 Å². The molecule has 12 heteroatoms. The van der Waals surface area contributed by atoms with Crippen molar-refractivity contribution in [3.05, 3.63) is 0 Å². The Morgan fingerprint density at radius 3 is 1.84 bits per heavy atom. The summed E-state index contributed by atoms with van der Waals surface area (Å²) in [6.07, 6.45) is -1.87. The van der Waals surface area contributed by atoms with Crippen molar-refractivity contribution in [2.45, 2.75) is 46.3 Å². The molecule has 0 aromatic carbocycles. The van der Waals surface area contributed by atoms with Crippen LogP contribution >= 0.6 is 0 Å². The van der Waals surface area contributed by atoms with E-state index < -0.39 is 41.4 Å². The molecule has 0 fully saturated rings. The van der Waals surface area contributed by atoms with Crippen molar-refractivity contribution in [1.29, 1.82) is 0 Å². The molecule has 3 unspecified atom stereocenters. The van der Waals surface area contributed by atoms with Crippen LogP contribution in [-0.4, -0.2) is 76.0 Å². The topological polar surface area (TPSA) is 158 Å². The molecule has 0 aliphatic carbocycles. The monoisotopic (exact) mass is 448 g/mol. The predicted octanol–water partition coefficient (Wildman–Crippen LogP) is -0.0555. The molecule has 0 saturated carbocycles. The van der Waals surface area contributed by atoms with Crippen molar-refractivity contribution in [2.24, 2.45) is 11.3 Å². The van der Waals surface area contributed by atoms with Crippen LogP contribution in [0.3, 0.4) is 0 Å². The maximum absolute atomic E-state index is 12.4. The zero-order valence-electron chi connectivity index (χ0n) is 17.9. The first kappa shape index (κ1) is 27.8. The van der Waals surface area contributed by atoms with Crippen molar-refractivity contribution < 1.29 is 57.2 Å². The lowest BCUT2D eigenvalue weighted by molar-refractivity contribution is -0.166. The fraction of sp³-hybridized carbons (Fsp3) is 0.684. The van der Waals surface area contributed by atoms with E-state index in [1.165, 1.54) is 13.8 Å². The Labute approximate surface area is 179 Å². The molecule has 3 atom stereocenters. The molecule has 31 heavy (non-hydrogen) atoms. The first-order valence-electron chi connectivity index (χ1n) is 9.28. The van der Waals surface area contributed by atoms with Gasteiger partial charge in [-0.15, -0.1) is 0 Å². The molecule has 0 amide bonds. The molecule has 0 rings (SSSR count). The number of rotatable bonds is 17. The number of carbonyl (C=O) groups excluding carboxylic acids is 6. The number of hydrogen-bond donors (Lipinski definition) is 0. The van der Waals surface area contributed by atoms with E-state index in [0.717, 1.165) is 0 Å². The Morgan fingerprint density at radius 2 is 1.32 bits per heavy atom. The van der Waals surface area contributed by atoms with Crippen molar-refractivity contribution in [3.63, 3.8) is 0 Å². The minimum atomic E-state index is -1.11. The highest BCUT2D eigenvalue weighted by Gasteiger charge is 2.35. The molecule has 0 aromatic heterocycles. The van der Waals surface area contributed by atoms with Crippen molar-refractivity contribution in [3.8, 4) is 0 Å². The lowest BCUT2D eigenvalue weighted by Crippen LogP contribution is -2.35. The van der Waals surface area contributed by atoms with E-state index in [2.05, 4.69) is 9.47 Å². The molecule has 12 nitrogen and oxygen atoms in total. The fourth-order valence-corrected chi connectivity index (χ4v) is 2.38. The maximum Gasteiger partial charge on any atom is 0.311 e. The van der Waals surface area contributed by atoms with Crippen LogP contribution in [0.25, 0.3) is 0 Å². The Balaban J connectivity index is 4.66. The summed E-state index contributed by atoms with van der Waals surface area (Å²) in [7, 11) is 0. The third kappa shape index (κ3) is 12.2. The summed E-state index contributed by atoms with van der Waals surface area (Å²) in [5.41, 5.74) is -1.11. The van der Waals surface area contributed by atoms with Gasteiger partial charge in [-0.1, -0.05) is 6.92 Å². The van der Waals surface area contributed by atoms with Crippen molar-refractivity contribution >= 4 is 37.3 Å². The molecule has 0 radical (unpaired) electrons. The van der Waals surface area contributed by atoms with Gasteiger partial charge >= 0.3 is 17.9 Å². The van der Waals surface area contributed by atoms with Gasteiger partial charge in [0.2, 0.25) is 0 Å². The fourth-order valence-electron chi connectivity index (χ4n) is 2.38. The average Bonchev–Trinajstić information content (AvgIpc) is 2.70. The minimum absolute atomic E-state index is 0.0534. The quantitative estimate of drug-likeness (QED) is 0.166. The number of carbonyl (C=O) groups is 6. The van der Waals surface area contributed by atoms with E-state index in [4.69, 9.17) is 18.9 Å². The zero-order valence-corrected chi connectivity index (χ0v) is 17.9. The van der Waals surface area contributed by atoms with Crippen LogP contribution in [0, 0.1) is 11.3 Å². The van der Waals surface area contributed by atoms with E-state index >= 15 is 0 Å². The highest BCUT2D eigenvalue weighted by atomic mass is 16.6. The highest BCUT2D eigenvalue weighted by Crippen LogP contribution is 2.28. The van der Waals surface area contributed by atoms with Gasteiger partial charge in [-0.05, 0) is 20.3 Å². The Kier molecular flexibility index (Phi) is 13.2. The van der Waals surface area contributed by atoms with Gasteiger partial charge in [0.25, 0.3) is 19.4 Å². The van der Waals surface area contributed by atoms with Gasteiger partial charge in [0.15, 0.2) is 12.2 Å². The van der Waals surface area contributed by atoms with Crippen LogP contribution in [0.2, 0.25) is 0 Å². The standard InChI is InChI=1S/C19H28O12/c1-13(17(24)28-8-15(30-11-21)6-26-10-20)5-19(3,4)18(25)29-9-16(31-12-22)7-27-14(2)23/h10-13,15-16H,5-9H2,1-4H3. The van der Waals surface area contributed by atoms with E-state index in [0.29, 0.717) is 0 Å². The number of hydrogen-bond acceptors (Lipinski definition) is 12. The summed E-state index contributed by atoms with van der Waals surface area (Å²) >= 11 is 0. The zero-order chi connectivity index (χ0) is 23.9. The van der Waals surface area contributed by atoms with E-state index in [-0.39, 0.29) is 52.3 Å². The van der Waals surface area contributed by atoms with Gasteiger partial charge in [-0.2, -0.15) is 0 Å². The van der Waals surface area contributed by atoms with E-state index in [1.54, 1.807) is 13.8 Å².